The minimum Gasteiger partial charge on any atom is -0.497 e. The van der Waals surface area contributed by atoms with Gasteiger partial charge in [0.25, 0.3) is 0 Å². The summed E-state index contributed by atoms with van der Waals surface area (Å²) in [6.45, 7) is 4.03. The van der Waals surface area contributed by atoms with Crippen LogP contribution in [0.3, 0.4) is 0 Å². The number of amides is 1. The number of nitrogens with one attached hydrogen (secondary N) is 1. The molecule has 0 unspecified atom stereocenters. The minimum absolute atomic E-state index is 0.147. The highest BCUT2D eigenvalue weighted by atomic mass is 35.5. The van der Waals surface area contributed by atoms with Gasteiger partial charge in [0.05, 0.1) is 13.2 Å². The molecule has 4 nitrogen and oxygen atoms in total. The van der Waals surface area contributed by atoms with Crippen LogP contribution >= 0.6 is 11.6 Å². The average Bonchev–Trinajstić information content (AvgIpc) is 2.60. The van der Waals surface area contributed by atoms with Crippen LogP contribution in [0.4, 0.5) is 0 Å². The van der Waals surface area contributed by atoms with Gasteiger partial charge in [0.1, 0.15) is 17.1 Å². The minimum atomic E-state index is -0.362. The number of carbonyl (C=O) groups excluding carboxylic acids is 1. The second-order valence-corrected chi connectivity index (χ2v) is 7.35. The first-order valence-electron chi connectivity index (χ1n) is 8.47. The first-order chi connectivity index (χ1) is 12.4. The summed E-state index contributed by atoms with van der Waals surface area (Å²) >= 11 is 5.88. The summed E-state index contributed by atoms with van der Waals surface area (Å²) in [7, 11) is 1.62. The highest BCUT2D eigenvalue weighted by Gasteiger charge is 2.34. The third-order valence-electron chi connectivity index (χ3n) is 4.29. The van der Waals surface area contributed by atoms with Gasteiger partial charge in [-0.3, -0.25) is 4.79 Å². The molecule has 2 aromatic rings. The number of hydrogen-bond acceptors (Lipinski definition) is 3. The zero-order valence-electron chi connectivity index (χ0n) is 15.1. The van der Waals surface area contributed by atoms with Crippen LogP contribution in [0.1, 0.15) is 37.4 Å². The predicted molar refractivity (Wildman–Crippen MR) is 104 cm³/mol. The molecule has 0 aliphatic carbocycles. The molecule has 3 rings (SSSR count). The van der Waals surface area contributed by atoms with Crippen LogP contribution in [0.2, 0.25) is 5.02 Å². The molecule has 1 heterocycles. The molecule has 1 aliphatic rings. The molecular weight excluding hydrogens is 350 g/mol. The molecule has 1 aliphatic heterocycles. The van der Waals surface area contributed by atoms with Crippen LogP contribution in [0.25, 0.3) is 6.08 Å². The third-order valence-corrected chi connectivity index (χ3v) is 4.54. The number of halogens is 1. The van der Waals surface area contributed by atoms with E-state index >= 15 is 0 Å². The molecule has 1 amide bonds. The van der Waals surface area contributed by atoms with E-state index in [-0.39, 0.29) is 17.6 Å². The van der Waals surface area contributed by atoms with Crippen molar-refractivity contribution < 1.29 is 14.3 Å². The molecule has 1 N–H and O–H groups in total. The highest BCUT2D eigenvalue weighted by Crippen LogP contribution is 2.41. The fraction of sp³-hybridized carbons (Fsp3) is 0.286. The third kappa shape index (κ3) is 4.38. The van der Waals surface area contributed by atoms with Crippen LogP contribution in [-0.4, -0.2) is 18.6 Å². The zero-order valence-corrected chi connectivity index (χ0v) is 15.8. The Balaban J connectivity index is 1.78. The summed E-state index contributed by atoms with van der Waals surface area (Å²) in [5.41, 5.74) is 1.48. The number of benzene rings is 2. The summed E-state index contributed by atoms with van der Waals surface area (Å²) in [5, 5.41) is 3.74. The first kappa shape index (κ1) is 18.3. The normalized spacial score (nSPS) is 18.1. The largest absolute Gasteiger partial charge is 0.497 e. The molecule has 0 fully saturated rings. The van der Waals surface area contributed by atoms with Gasteiger partial charge in [0, 0.05) is 23.1 Å². The Morgan fingerprint density at radius 3 is 2.69 bits per heavy atom. The van der Waals surface area contributed by atoms with E-state index in [9.17, 15) is 4.79 Å². The Labute approximate surface area is 158 Å². The lowest BCUT2D eigenvalue weighted by Crippen LogP contribution is -2.40. The number of fused-ring (bicyclic) bond motifs is 1. The highest BCUT2D eigenvalue weighted by molar-refractivity contribution is 6.30. The van der Waals surface area contributed by atoms with E-state index in [4.69, 9.17) is 21.1 Å². The Kier molecular flexibility index (Phi) is 5.23. The molecule has 136 valence electrons. The van der Waals surface area contributed by atoms with Crippen molar-refractivity contribution in [2.75, 3.05) is 7.11 Å². The van der Waals surface area contributed by atoms with E-state index in [1.807, 2.05) is 44.2 Å². The summed E-state index contributed by atoms with van der Waals surface area (Å²) in [5.74, 6) is 1.36. The number of rotatable bonds is 4. The van der Waals surface area contributed by atoms with Gasteiger partial charge in [0.15, 0.2) is 0 Å². The first-order valence-corrected chi connectivity index (χ1v) is 8.85. The molecule has 0 spiro atoms. The fourth-order valence-corrected chi connectivity index (χ4v) is 3.18. The average molecular weight is 372 g/mol. The maximum atomic E-state index is 12.4. The van der Waals surface area contributed by atoms with Gasteiger partial charge in [-0.2, -0.15) is 0 Å². The summed E-state index contributed by atoms with van der Waals surface area (Å²) in [4.78, 5) is 12.4. The van der Waals surface area contributed by atoms with Crippen molar-refractivity contribution in [3.63, 3.8) is 0 Å². The Hall–Kier alpha value is -2.46. The molecule has 5 heteroatoms. The Morgan fingerprint density at radius 1 is 1.27 bits per heavy atom. The quantitative estimate of drug-likeness (QED) is 0.787. The van der Waals surface area contributed by atoms with Crippen LogP contribution in [0.15, 0.2) is 48.5 Å². The van der Waals surface area contributed by atoms with Gasteiger partial charge >= 0.3 is 0 Å². The fourth-order valence-electron chi connectivity index (χ4n) is 3.05. The van der Waals surface area contributed by atoms with Gasteiger partial charge in [0.2, 0.25) is 5.91 Å². The zero-order chi connectivity index (χ0) is 18.7. The van der Waals surface area contributed by atoms with Crippen molar-refractivity contribution in [2.24, 2.45) is 0 Å². The van der Waals surface area contributed by atoms with E-state index in [0.29, 0.717) is 11.4 Å². The van der Waals surface area contributed by atoms with E-state index in [1.54, 1.807) is 25.3 Å². The number of hydrogen-bond donors (Lipinski definition) is 1. The van der Waals surface area contributed by atoms with Crippen LogP contribution < -0.4 is 14.8 Å². The molecule has 0 saturated carbocycles. The van der Waals surface area contributed by atoms with Gasteiger partial charge in [-0.15, -0.1) is 0 Å². The summed E-state index contributed by atoms with van der Waals surface area (Å²) < 4.78 is 11.3. The molecule has 1 atom stereocenters. The second kappa shape index (κ2) is 7.42. The van der Waals surface area contributed by atoms with Crippen molar-refractivity contribution in [1.29, 1.82) is 0 Å². The molecule has 0 saturated heterocycles. The van der Waals surface area contributed by atoms with Gasteiger partial charge < -0.3 is 14.8 Å². The van der Waals surface area contributed by atoms with Gasteiger partial charge in [-0.05, 0) is 55.8 Å². The van der Waals surface area contributed by atoms with E-state index in [1.165, 1.54) is 6.08 Å². The molecule has 26 heavy (non-hydrogen) atoms. The lowest BCUT2D eigenvalue weighted by Gasteiger charge is -2.37. The summed E-state index contributed by atoms with van der Waals surface area (Å²) in [6.07, 6.45) is 3.97. The maximum Gasteiger partial charge on any atom is 0.244 e. The van der Waals surface area contributed by atoms with E-state index in [0.717, 1.165) is 22.6 Å². The van der Waals surface area contributed by atoms with Crippen molar-refractivity contribution in [2.45, 2.75) is 31.9 Å². The molecule has 2 aromatic carbocycles. The Bertz CT molecular complexity index is 828. The van der Waals surface area contributed by atoms with Crippen molar-refractivity contribution in [3.05, 3.63) is 64.7 Å². The lowest BCUT2D eigenvalue weighted by atomic mass is 9.89. The monoisotopic (exact) mass is 371 g/mol. The maximum absolute atomic E-state index is 12.4. The van der Waals surface area contributed by atoms with Crippen molar-refractivity contribution >= 4 is 23.6 Å². The molecule has 0 bridgehead atoms. The molecular formula is C21H22ClNO3. The standard InChI is InChI=1S/C21H22ClNO3/c1-21(2)13-18(17-12-16(25-3)9-10-19(17)26-21)23-20(24)11-6-14-4-7-15(22)8-5-14/h4-12,18H,13H2,1-3H3,(H,23,24)/b11-6+/t18-/m0/s1. The van der Waals surface area contributed by atoms with Gasteiger partial charge in [-0.1, -0.05) is 23.7 Å². The Morgan fingerprint density at radius 2 is 2.00 bits per heavy atom. The van der Waals surface area contributed by atoms with Crippen LogP contribution in [0, 0.1) is 0 Å². The van der Waals surface area contributed by atoms with Gasteiger partial charge in [-0.25, -0.2) is 0 Å². The van der Waals surface area contributed by atoms with Crippen molar-refractivity contribution in [1.82, 2.24) is 5.32 Å². The number of ether oxygens (including phenoxy) is 2. The van der Waals surface area contributed by atoms with Crippen molar-refractivity contribution in [3.8, 4) is 11.5 Å². The van der Waals surface area contributed by atoms with E-state index < -0.39 is 0 Å². The number of carbonyl (C=O) groups is 1. The van der Waals surface area contributed by atoms with E-state index in [2.05, 4.69) is 5.32 Å². The lowest BCUT2D eigenvalue weighted by molar-refractivity contribution is -0.117. The molecule has 0 radical (unpaired) electrons. The molecule has 0 aromatic heterocycles. The topological polar surface area (TPSA) is 47.6 Å². The second-order valence-electron chi connectivity index (χ2n) is 6.92. The van der Waals surface area contributed by atoms with Crippen LogP contribution in [0.5, 0.6) is 11.5 Å². The summed E-state index contributed by atoms with van der Waals surface area (Å²) in [6, 6.07) is 12.8. The van der Waals surface area contributed by atoms with Crippen LogP contribution in [-0.2, 0) is 4.79 Å². The predicted octanol–water partition coefficient (Wildman–Crippen LogP) is 4.78. The smallest absolute Gasteiger partial charge is 0.244 e. The SMILES string of the molecule is COc1ccc2c(c1)[C@@H](NC(=O)/C=C/c1ccc(Cl)cc1)CC(C)(C)O2. The number of methoxy groups -OCH3 is 1.